The number of aryl methyl sites for hydroxylation is 2. The Hall–Kier alpha value is -3.40. The Morgan fingerprint density at radius 3 is 1.58 bits per heavy atom. The largest absolute Gasteiger partial charge is 0.465 e. The number of carbonyl (C=O) groups excluding carboxylic acids is 2. The van der Waals surface area contributed by atoms with Crippen LogP contribution >= 0.6 is 0 Å². The van der Waals surface area contributed by atoms with Gasteiger partial charge in [-0.25, -0.2) is 9.59 Å². The molecule has 0 N–H and O–H groups in total. The van der Waals surface area contributed by atoms with Crippen LogP contribution in [0.4, 0.5) is 0 Å². The molecule has 0 saturated carbocycles. The lowest BCUT2D eigenvalue weighted by atomic mass is 9.87. The first-order valence-corrected chi connectivity index (χ1v) is 10.5. The van der Waals surface area contributed by atoms with E-state index < -0.39 is 0 Å². The third kappa shape index (κ3) is 6.29. The number of ether oxygens (including phenoxy) is 2. The van der Waals surface area contributed by atoms with Gasteiger partial charge in [-0.2, -0.15) is 0 Å². The fourth-order valence-electron chi connectivity index (χ4n) is 3.74. The summed E-state index contributed by atoms with van der Waals surface area (Å²) in [6, 6.07) is 25.8. The molecule has 4 nitrogen and oxygen atoms in total. The number of esters is 2. The summed E-state index contributed by atoms with van der Waals surface area (Å²) in [6.45, 7) is 0. The molecule has 31 heavy (non-hydrogen) atoms. The van der Waals surface area contributed by atoms with Crippen LogP contribution in [0.25, 0.3) is 0 Å². The molecule has 0 aliphatic rings. The zero-order valence-corrected chi connectivity index (χ0v) is 18.0. The van der Waals surface area contributed by atoms with Gasteiger partial charge in [-0.05, 0) is 72.6 Å². The molecule has 0 aromatic heterocycles. The SMILES string of the molecule is COC(=O)c1ccc(CCC(CCc2ccccc2)c2ccc(C(=O)OC)cc2)cc1. The maximum atomic E-state index is 11.8. The van der Waals surface area contributed by atoms with Gasteiger partial charge in [0.05, 0.1) is 25.3 Å². The van der Waals surface area contributed by atoms with E-state index in [-0.39, 0.29) is 11.9 Å². The van der Waals surface area contributed by atoms with Gasteiger partial charge in [-0.1, -0.05) is 54.6 Å². The lowest BCUT2D eigenvalue weighted by Gasteiger charge is -2.18. The van der Waals surface area contributed by atoms with Crippen molar-refractivity contribution < 1.29 is 19.1 Å². The zero-order valence-electron chi connectivity index (χ0n) is 18.0. The minimum atomic E-state index is -0.321. The second-order valence-corrected chi connectivity index (χ2v) is 7.56. The van der Waals surface area contributed by atoms with Crippen molar-refractivity contribution in [2.24, 2.45) is 0 Å². The van der Waals surface area contributed by atoms with E-state index in [2.05, 4.69) is 24.3 Å². The van der Waals surface area contributed by atoms with Crippen molar-refractivity contribution in [3.63, 3.8) is 0 Å². The average molecular weight is 417 g/mol. The number of rotatable bonds is 9. The van der Waals surface area contributed by atoms with Crippen molar-refractivity contribution in [1.82, 2.24) is 0 Å². The third-order valence-corrected chi connectivity index (χ3v) is 5.58. The normalized spacial score (nSPS) is 11.5. The Labute approximate surface area is 183 Å². The van der Waals surface area contributed by atoms with E-state index in [0.29, 0.717) is 17.0 Å². The summed E-state index contributed by atoms with van der Waals surface area (Å²) in [4.78, 5) is 23.4. The van der Waals surface area contributed by atoms with Crippen LogP contribution in [0.2, 0.25) is 0 Å². The standard InChI is InChI=1S/C27H28O4/c1-30-26(28)24-14-10-21(11-15-24)9-13-22(12-8-20-6-4-3-5-7-20)23-16-18-25(19-17-23)27(29)31-2/h3-7,10-11,14-19,22H,8-9,12-13H2,1-2H3. The maximum absolute atomic E-state index is 11.8. The molecular weight excluding hydrogens is 388 g/mol. The molecule has 1 atom stereocenters. The van der Waals surface area contributed by atoms with Gasteiger partial charge in [0, 0.05) is 0 Å². The first-order valence-electron chi connectivity index (χ1n) is 10.5. The van der Waals surface area contributed by atoms with Crippen LogP contribution < -0.4 is 0 Å². The van der Waals surface area contributed by atoms with E-state index in [4.69, 9.17) is 9.47 Å². The highest BCUT2D eigenvalue weighted by molar-refractivity contribution is 5.89. The van der Waals surface area contributed by atoms with Gasteiger partial charge in [0.15, 0.2) is 0 Å². The second-order valence-electron chi connectivity index (χ2n) is 7.56. The molecule has 0 aliphatic heterocycles. The molecule has 4 heteroatoms. The molecule has 1 unspecified atom stereocenters. The van der Waals surface area contributed by atoms with Crippen LogP contribution in [-0.4, -0.2) is 26.2 Å². The molecule has 0 bridgehead atoms. The van der Waals surface area contributed by atoms with Crippen molar-refractivity contribution in [3.8, 4) is 0 Å². The lowest BCUT2D eigenvalue weighted by Crippen LogP contribution is -2.06. The predicted octanol–water partition coefficient (Wildman–Crippen LogP) is 5.61. The molecule has 0 radical (unpaired) electrons. The summed E-state index contributed by atoms with van der Waals surface area (Å²) in [5.74, 6) is -0.289. The number of carbonyl (C=O) groups is 2. The van der Waals surface area contributed by atoms with E-state index in [1.54, 1.807) is 0 Å². The smallest absolute Gasteiger partial charge is 0.337 e. The highest BCUT2D eigenvalue weighted by atomic mass is 16.5. The minimum Gasteiger partial charge on any atom is -0.465 e. The van der Waals surface area contributed by atoms with Crippen molar-refractivity contribution in [2.45, 2.75) is 31.6 Å². The first kappa shape index (κ1) is 22.3. The fourth-order valence-corrected chi connectivity index (χ4v) is 3.74. The van der Waals surface area contributed by atoms with E-state index >= 15 is 0 Å². The van der Waals surface area contributed by atoms with Crippen molar-refractivity contribution >= 4 is 11.9 Å². The topological polar surface area (TPSA) is 52.6 Å². The highest BCUT2D eigenvalue weighted by Gasteiger charge is 2.14. The second kappa shape index (κ2) is 11.1. The molecule has 0 amide bonds. The summed E-state index contributed by atoms with van der Waals surface area (Å²) in [5.41, 5.74) is 4.84. The Kier molecular flexibility index (Phi) is 7.99. The molecule has 3 aromatic carbocycles. The maximum Gasteiger partial charge on any atom is 0.337 e. The fraction of sp³-hybridized carbons (Fsp3) is 0.259. The molecular formula is C27H28O4. The molecule has 0 aliphatic carbocycles. The summed E-state index contributed by atoms with van der Waals surface area (Å²) in [6.07, 6.45) is 3.88. The monoisotopic (exact) mass is 416 g/mol. The summed E-state index contributed by atoms with van der Waals surface area (Å²) < 4.78 is 9.58. The minimum absolute atomic E-state index is 0.321. The number of methoxy groups -OCH3 is 2. The molecule has 160 valence electrons. The third-order valence-electron chi connectivity index (χ3n) is 5.58. The predicted molar refractivity (Wildman–Crippen MR) is 121 cm³/mol. The Morgan fingerprint density at radius 1 is 0.645 bits per heavy atom. The molecule has 3 aromatic rings. The average Bonchev–Trinajstić information content (AvgIpc) is 2.84. The van der Waals surface area contributed by atoms with E-state index in [1.165, 1.54) is 30.9 Å². The van der Waals surface area contributed by atoms with Gasteiger partial charge in [0.1, 0.15) is 0 Å². The van der Waals surface area contributed by atoms with Gasteiger partial charge in [-0.15, -0.1) is 0 Å². The van der Waals surface area contributed by atoms with Gasteiger partial charge in [0.2, 0.25) is 0 Å². The van der Waals surface area contributed by atoms with Crippen molar-refractivity contribution in [1.29, 1.82) is 0 Å². The molecule has 0 heterocycles. The Bertz CT molecular complexity index is 976. The number of hydrogen-bond donors (Lipinski definition) is 0. The highest BCUT2D eigenvalue weighted by Crippen LogP contribution is 2.28. The van der Waals surface area contributed by atoms with Gasteiger partial charge in [0.25, 0.3) is 0 Å². The zero-order chi connectivity index (χ0) is 22.1. The number of hydrogen-bond acceptors (Lipinski definition) is 4. The molecule has 0 fully saturated rings. The summed E-state index contributed by atoms with van der Waals surface area (Å²) >= 11 is 0. The summed E-state index contributed by atoms with van der Waals surface area (Å²) in [7, 11) is 2.78. The summed E-state index contributed by atoms with van der Waals surface area (Å²) in [5, 5.41) is 0. The van der Waals surface area contributed by atoms with E-state index in [9.17, 15) is 9.59 Å². The van der Waals surface area contributed by atoms with Crippen LogP contribution in [0, 0.1) is 0 Å². The molecule has 0 spiro atoms. The Balaban J connectivity index is 1.72. The molecule has 3 rings (SSSR count). The van der Waals surface area contributed by atoms with Crippen LogP contribution in [0.1, 0.15) is 56.2 Å². The van der Waals surface area contributed by atoms with Gasteiger partial charge in [-0.3, -0.25) is 0 Å². The number of benzene rings is 3. The van der Waals surface area contributed by atoms with Crippen LogP contribution in [0.5, 0.6) is 0 Å². The van der Waals surface area contributed by atoms with E-state index in [1.807, 2.05) is 54.6 Å². The van der Waals surface area contributed by atoms with E-state index in [0.717, 1.165) is 25.7 Å². The van der Waals surface area contributed by atoms with Crippen LogP contribution in [-0.2, 0) is 22.3 Å². The molecule has 0 saturated heterocycles. The van der Waals surface area contributed by atoms with Crippen LogP contribution in [0.15, 0.2) is 78.9 Å². The Morgan fingerprint density at radius 2 is 1.10 bits per heavy atom. The first-order chi connectivity index (χ1) is 15.1. The van der Waals surface area contributed by atoms with Crippen molar-refractivity contribution in [2.75, 3.05) is 14.2 Å². The quantitative estimate of drug-likeness (QED) is 0.426. The van der Waals surface area contributed by atoms with Gasteiger partial charge < -0.3 is 9.47 Å². The van der Waals surface area contributed by atoms with Gasteiger partial charge >= 0.3 is 11.9 Å². The van der Waals surface area contributed by atoms with Crippen molar-refractivity contribution in [3.05, 3.63) is 107 Å². The van der Waals surface area contributed by atoms with Crippen LogP contribution in [0.3, 0.4) is 0 Å². The lowest BCUT2D eigenvalue weighted by molar-refractivity contribution is 0.0592.